The van der Waals surface area contributed by atoms with Crippen molar-refractivity contribution in [1.29, 1.82) is 0 Å². The molecule has 1 aliphatic rings. The minimum absolute atomic E-state index is 0.124. The number of pyridine rings is 1. The molecule has 0 saturated heterocycles. The molecule has 0 aromatic carbocycles. The van der Waals surface area contributed by atoms with Crippen molar-refractivity contribution in [1.82, 2.24) is 9.38 Å². The molecular weight excluding hydrogens is 174 g/mol. The van der Waals surface area contributed by atoms with Crippen molar-refractivity contribution in [3.05, 3.63) is 36.3 Å². The lowest BCUT2D eigenvalue weighted by Crippen LogP contribution is -2.44. The summed E-state index contributed by atoms with van der Waals surface area (Å²) in [5, 5.41) is 0. The minimum atomic E-state index is -0.124. The summed E-state index contributed by atoms with van der Waals surface area (Å²) in [6, 6.07) is 6.02. The van der Waals surface area contributed by atoms with Crippen molar-refractivity contribution < 1.29 is 0 Å². The molecule has 0 amide bonds. The third-order valence-corrected chi connectivity index (χ3v) is 3.17. The van der Waals surface area contributed by atoms with Crippen LogP contribution in [0.3, 0.4) is 0 Å². The molecule has 2 N–H and O–H groups in total. The van der Waals surface area contributed by atoms with E-state index < -0.39 is 0 Å². The molecule has 1 aliphatic carbocycles. The van der Waals surface area contributed by atoms with Gasteiger partial charge in [-0.2, -0.15) is 0 Å². The second-order valence-electron chi connectivity index (χ2n) is 4.08. The zero-order chi connectivity index (χ0) is 9.60. The number of rotatable bonds is 1. The lowest BCUT2D eigenvalue weighted by molar-refractivity contribution is 0.245. The molecule has 0 aliphatic heterocycles. The van der Waals surface area contributed by atoms with Crippen LogP contribution in [0.25, 0.3) is 5.65 Å². The maximum absolute atomic E-state index is 6.27. The predicted molar refractivity (Wildman–Crippen MR) is 54.9 cm³/mol. The Hall–Kier alpha value is -1.35. The highest BCUT2D eigenvalue weighted by Crippen LogP contribution is 2.38. The molecule has 72 valence electrons. The number of fused-ring (bicyclic) bond motifs is 1. The van der Waals surface area contributed by atoms with E-state index in [1.54, 1.807) is 0 Å². The summed E-state index contributed by atoms with van der Waals surface area (Å²) in [6.07, 6.45) is 7.33. The van der Waals surface area contributed by atoms with Gasteiger partial charge in [-0.3, -0.25) is 0 Å². The fourth-order valence-corrected chi connectivity index (χ4v) is 2.11. The Morgan fingerprint density at radius 2 is 2.21 bits per heavy atom. The summed E-state index contributed by atoms with van der Waals surface area (Å²) in [5.74, 6) is 0. The van der Waals surface area contributed by atoms with E-state index >= 15 is 0 Å². The molecule has 2 heterocycles. The van der Waals surface area contributed by atoms with Gasteiger partial charge in [-0.05, 0) is 31.4 Å². The van der Waals surface area contributed by atoms with Gasteiger partial charge in [0, 0.05) is 6.20 Å². The average Bonchev–Trinajstić information content (AvgIpc) is 2.58. The van der Waals surface area contributed by atoms with Crippen LogP contribution in [-0.4, -0.2) is 9.38 Å². The molecule has 0 spiro atoms. The molecule has 0 unspecified atom stereocenters. The first-order chi connectivity index (χ1) is 6.80. The topological polar surface area (TPSA) is 43.3 Å². The molecule has 1 fully saturated rings. The van der Waals surface area contributed by atoms with Crippen LogP contribution in [0, 0.1) is 0 Å². The van der Waals surface area contributed by atoms with Crippen LogP contribution in [0.4, 0.5) is 0 Å². The van der Waals surface area contributed by atoms with Crippen LogP contribution >= 0.6 is 0 Å². The number of nitrogens with zero attached hydrogens (tertiary/aromatic N) is 2. The second-order valence-corrected chi connectivity index (χ2v) is 4.08. The molecule has 0 atom stereocenters. The van der Waals surface area contributed by atoms with E-state index in [-0.39, 0.29) is 5.54 Å². The Labute approximate surface area is 82.6 Å². The van der Waals surface area contributed by atoms with Crippen molar-refractivity contribution in [2.75, 3.05) is 0 Å². The number of aromatic nitrogens is 2. The molecule has 0 bridgehead atoms. The van der Waals surface area contributed by atoms with E-state index in [9.17, 15) is 0 Å². The van der Waals surface area contributed by atoms with Crippen LogP contribution in [0.15, 0.2) is 30.6 Å². The lowest BCUT2D eigenvalue weighted by atomic mass is 9.75. The maximum atomic E-state index is 6.27. The van der Waals surface area contributed by atoms with E-state index in [0.29, 0.717) is 0 Å². The van der Waals surface area contributed by atoms with Gasteiger partial charge in [-0.1, -0.05) is 6.07 Å². The van der Waals surface area contributed by atoms with Crippen molar-refractivity contribution in [3.8, 4) is 0 Å². The number of hydrogen-bond donors (Lipinski definition) is 1. The smallest absolute Gasteiger partial charge is 0.136 e. The monoisotopic (exact) mass is 187 g/mol. The van der Waals surface area contributed by atoms with E-state index in [4.69, 9.17) is 5.73 Å². The SMILES string of the molecule is NC1(c2cnc3ccccn23)CCC1. The third kappa shape index (κ3) is 0.930. The molecule has 3 nitrogen and oxygen atoms in total. The van der Waals surface area contributed by atoms with Crippen molar-refractivity contribution >= 4 is 5.65 Å². The molecule has 1 saturated carbocycles. The number of nitrogens with two attached hydrogens (primary N) is 1. The Balaban J connectivity index is 2.22. The Morgan fingerprint density at radius 1 is 1.36 bits per heavy atom. The highest BCUT2D eigenvalue weighted by atomic mass is 15.0. The van der Waals surface area contributed by atoms with Gasteiger partial charge in [-0.25, -0.2) is 4.98 Å². The standard InChI is InChI=1S/C11H13N3/c12-11(5-3-6-11)9-8-13-10-4-1-2-7-14(9)10/h1-2,4,7-8H,3,5-6,12H2. The first-order valence-corrected chi connectivity index (χ1v) is 5.01. The van der Waals surface area contributed by atoms with E-state index in [1.807, 2.05) is 30.6 Å². The van der Waals surface area contributed by atoms with Crippen molar-refractivity contribution in [3.63, 3.8) is 0 Å². The first-order valence-electron chi connectivity index (χ1n) is 5.01. The van der Waals surface area contributed by atoms with E-state index in [2.05, 4.69) is 9.38 Å². The molecule has 3 rings (SSSR count). The largest absolute Gasteiger partial charge is 0.320 e. The highest BCUT2D eigenvalue weighted by molar-refractivity contribution is 5.41. The zero-order valence-corrected chi connectivity index (χ0v) is 7.98. The van der Waals surface area contributed by atoms with Gasteiger partial charge in [-0.15, -0.1) is 0 Å². The van der Waals surface area contributed by atoms with Crippen LogP contribution < -0.4 is 5.73 Å². The predicted octanol–water partition coefficient (Wildman–Crippen LogP) is 1.67. The fraction of sp³-hybridized carbons (Fsp3) is 0.364. The van der Waals surface area contributed by atoms with Gasteiger partial charge in [0.1, 0.15) is 5.65 Å². The summed E-state index contributed by atoms with van der Waals surface area (Å²) in [5.41, 5.74) is 8.29. The fourth-order valence-electron chi connectivity index (χ4n) is 2.11. The maximum Gasteiger partial charge on any atom is 0.136 e. The Kier molecular flexibility index (Phi) is 1.47. The van der Waals surface area contributed by atoms with Crippen LogP contribution in [-0.2, 0) is 5.54 Å². The lowest BCUT2D eigenvalue weighted by Gasteiger charge is -2.37. The van der Waals surface area contributed by atoms with Gasteiger partial charge in [0.25, 0.3) is 0 Å². The Bertz CT molecular complexity index is 468. The summed E-state index contributed by atoms with van der Waals surface area (Å²) < 4.78 is 2.10. The zero-order valence-electron chi connectivity index (χ0n) is 7.98. The Morgan fingerprint density at radius 3 is 2.93 bits per heavy atom. The number of imidazole rings is 1. The van der Waals surface area contributed by atoms with Gasteiger partial charge in [0.05, 0.1) is 17.4 Å². The highest BCUT2D eigenvalue weighted by Gasteiger charge is 2.36. The molecule has 0 radical (unpaired) electrons. The third-order valence-electron chi connectivity index (χ3n) is 3.17. The van der Waals surface area contributed by atoms with Crippen LogP contribution in [0.1, 0.15) is 25.0 Å². The minimum Gasteiger partial charge on any atom is -0.320 e. The van der Waals surface area contributed by atoms with Crippen LogP contribution in [0.2, 0.25) is 0 Å². The summed E-state index contributed by atoms with van der Waals surface area (Å²) in [6.45, 7) is 0. The summed E-state index contributed by atoms with van der Waals surface area (Å²) in [4.78, 5) is 4.35. The van der Waals surface area contributed by atoms with Crippen molar-refractivity contribution in [2.45, 2.75) is 24.8 Å². The van der Waals surface area contributed by atoms with Gasteiger partial charge < -0.3 is 10.1 Å². The number of hydrogen-bond acceptors (Lipinski definition) is 2. The molecule has 3 heteroatoms. The molecular formula is C11H13N3. The summed E-state index contributed by atoms with van der Waals surface area (Å²) in [7, 11) is 0. The van der Waals surface area contributed by atoms with Crippen LogP contribution in [0.5, 0.6) is 0 Å². The van der Waals surface area contributed by atoms with Gasteiger partial charge in [0.2, 0.25) is 0 Å². The average molecular weight is 187 g/mol. The first kappa shape index (κ1) is 8.00. The van der Waals surface area contributed by atoms with E-state index in [1.165, 1.54) is 6.42 Å². The van der Waals surface area contributed by atoms with E-state index in [0.717, 1.165) is 24.2 Å². The molecule has 2 aromatic rings. The molecule has 2 aromatic heterocycles. The second kappa shape index (κ2) is 2.58. The van der Waals surface area contributed by atoms with Gasteiger partial charge >= 0.3 is 0 Å². The van der Waals surface area contributed by atoms with Gasteiger partial charge in [0.15, 0.2) is 0 Å². The van der Waals surface area contributed by atoms with Crippen molar-refractivity contribution in [2.24, 2.45) is 5.73 Å². The normalized spacial score (nSPS) is 19.5. The quantitative estimate of drug-likeness (QED) is 0.738. The summed E-state index contributed by atoms with van der Waals surface area (Å²) >= 11 is 0. The molecule has 14 heavy (non-hydrogen) atoms.